The van der Waals surface area contributed by atoms with E-state index in [4.69, 9.17) is 5.84 Å². The monoisotopic (exact) mass is 354 g/mol. The van der Waals surface area contributed by atoms with Gasteiger partial charge in [0, 0.05) is 28.8 Å². The zero-order valence-electron chi connectivity index (χ0n) is 12.5. The van der Waals surface area contributed by atoms with E-state index < -0.39 is 0 Å². The van der Waals surface area contributed by atoms with Crippen LogP contribution in [-0.2, 0) is 13.5 Å². The molecule has 1 aromatic carbocycles. The average molecular weight is 355 g/mol. The number of nitrogens with two attached hydrogens (primary N) is 1. The lowest BCUT2D eigenvalue weighted by Crippen LogP contribution is -2.29. The van der Waals surface area contributed by atoms with Crippen molar-refractivity contribution in [1.82, 2.24) is 15.2 Å². The lowest BCUT2D eigenvalue weighted by atomic mass is 9.98. The van der Waals surface area contributed by atoms with Gasteiger partial charge < -0.3 is 0 Å². The standard InChI is InChI=1S/C15H20BrFN4/c1-9-12(10(2)21(3)20-9)5-7-15(19-18)13-8-11(16)4-6-14(13)17/h4,6,8,15,19H,5,7,18H2,1-3H3. The van der Waals surface area contributed by atoms with Crippen LogP contribution in [0.25, 0.3) is 0 Å². The summed E-state index contributed by atoms with van der Waals surface area (Å²) in [6, 6.07) is 4.66. The Morgan fingerprint density at radius 3 is 2.71 bits per heavy atom. The molecule has 1 unspecified atom stereocenters. The van der Waals surface area contributed by atoms with Gasteiger partial charge in [-0.05, 0) is 50.5 Å². The number of nitrogens with zero attached hydrogens (tertiary/aromatic N) is 2. The van der Waals surface area contributed by atoms with Crippen molar-refractivity contribution < 1.29 is 4.39 Å². The molecule has 0 spiro atoms. The Balaban J connectivity index is 2.18. The Bertz CT molecular complexity index is 639. The van der Waals surface area contributed by atoms with Gasteiger partial charge in [0.2, 0.25) is 0 Å². The first kappa shape index (κ1) is 16.1. The molecule has 114 valence electrons. The van der Waals surface area contributed by atoms with Crippen LogP contribution in [-0.4, -0.2) is 9.78 Å². The van der Waals surface area contributed by atoms with Gasteiger partial charge in [0.1, 0.15) is 5.82 Å². The van der Waals surface area contributed by atoms with Crippen molar-refractivity contribution in [3.63, 3.8) is 0 Å². The maximum absolute atomic E-state index is 14.0. The number of aromatic nitrogens is 2. The molecule has 1 heterocycles. The molecular formula is C15H20BrFN4. The zero-order chi connectivity index (χ0) is 15.6. The molecule has 0 aliphatic heterocycles. The number of aryl methyl sites for hydroxylation is 2. The molecule has 0 amide bonds. The van der Waals surface area contributed by atoms with E-state index in [1.807, 2.05) is 25.6 Å². The van der Waals surface area contributed by atoms with Crippen LogP contribution in [0.2, 0.25) is 0 Å². The summed E-state index contributed by atoms with van der Waals surface area (Å²) in [6.45, 7) is 4.03. The van der Waals surface area contributed by atoms with Crippen molar-refractivity contribution in [3.8, 4) is 0 Å². The highest BCUT2D eigenvalue weighted by Crippen LogP contribution is 2.26. The summed E-state index contributed by atoms with van der Waals surface area (Å²) in [5.74, 6) is 5.37. The fraction of sp³-hybridized carbons (Fsp3) is 0.400. The lowest BCUT2D eigenvalue weighted by molar-refractivity contribution is 0.484. The minimum atomic E-state index is -0.249. The average Bonchev–Trinajstić information content (AvgIpc) is 2.69. The number of rotatable bonds is 5. The molecular weight excluding hydrogens is 335 g/mol. The van der Waals surface area contributed by atoms with E-state index >= 15 is 0 Å². The van der Waals surface area contributed by atoms with Gasteiger partial charge in [-0.15, -0.1) is 0 Å². The first-order valence-electron chi connectivity index (χ1n) is 6.84. The Morgan fingerprint density at radius 2 is 2.14 bits per heavy atom. The predicted molar refractivity (Wildman–Crippen MR) is 85.2 cm³/mol. The summed E-state index contributed by atoms with van der Waals surface area (Å²) in [7, 11) is 1.93. The highest BCUT2D eigenvalue weighted by molar-refractivity contribution is 9.10. The van der Waals surface area contributed by atoms with Crippen molar-refractivity contribution in [2.24, 2.45) is 12.9 Å². The minimum absolute atomic E-state index is 0.235. The van der Waals surface area contributed by atoms with Gasteiger partial charge in [-0.1, -0.05) is 15.9 Å². The van der Waals surface area contributed by atoms with E-state index in [9.17, 15) is 4.39 Å². The molecule has 2 rings (SSSR count). The number of hydrogen-bond donors (Lipinski definition) is 2. The molecule has 1 atom stereocenters. The van der Waals surface area contributed by atoms with Crippen LogP contribution in [0, 0.1) is 19.7 Å². The summed E-state index contributed by atoms with van der Waals surface area (Å²) in [5, 5.41) is 4.40. The number of hydrogen-bond acceptors (Lipinski definition) is 3. The molecule has 0 fully saturated rings. The van der Waals surface area contributed by atoms with E-state index in [2.05, 4.69) is 26.5 Å². The van der Waals surface area contributed by atoms with Gasteiger partial charge >= 0.3 is 0 Å². The number of benzene rings is 1. The topological polar surface area (TPSA) is 55.9 Å². The Hall–Kier alpha value is -1.24. The SMILES string of the molecule is Cc1nn(C)c(C)c1CCC(NN)c1cc(Br)ccc1F. The second-order valence-electron chi connectivity index (χ2n) is 5.20. The van der Waals surface area contributed by atoms with Gasteiger partial charge in [0.05, 0.1) is 5.69 Å². The van der Waals surface area contributed by atoms with Gasteiger partial charge in [-0.2, -0.15) is 5.10 Å². The summed E-state index contributed by atoms with van der Waals surface area (Å²) in [5.41, 5.74) is 6.64. The summed E-state index contributed by atoms with van der Waals surface area (Å²) < 4.78 is 16.7. The highest BCUT2D eigenvalue weighted by atomic mass is 79.9. The van der Waals surface area contributed by atoms with Crippen LogP contribution in [0.1, 0.15) is 35.0 Å². The van der Waals surface area contributed by atoms with Gasteiger partial charge in [-0.3, -0.25) is 16.0 Å². The van der Waals surface area contributed by atoms with Crippen molar-refractivity contribution in [3.05, 3.63) is 51.0 Å². The maximum atomic E-state index is 14.0. The van der Waals surface area contributed by atoms with E-state index in [-0.39, 0.29) is 11.9 Å². The predicted octanol–water partition coefficient (Wildman–Crippen LogP) is 3.08. The van der Waals surface area contributed by atoms with Gasteiger partial charge in [0.25, 0.3) is 0 Å². The molecule has 0 aliphatic carbocycles. The third-order valence-electron chi connectivity index (χ3n) is 3.88. The minimum Gasteiger partial charge on any atom is -0.272 e. The molecule has 6 heteroatoms. The van der Waals surface area contributed by atoms with Crippen molar-refractivity contribution in [2.45, 2.75) is 32.7 Å². The molecule has 4 nitrogen and oxygen atoms in total. The first-order valence-corrected chi connectivity index (χ1v) is 7.63. The number of nitrogens with one attached hydrogen (secondary N) is 1. The molecule has 3 N–H and O–H groups in total. The van der Waals surface area contributed by atoms with Crippen LogP contribution < -0.4 is 11.3 Å². The van der Waals surface area contributed by atoms with Crippen LogP contribution in [0.15, 0.2) is 22.7 Å². The molecule has 0 saturated heterocycles. The summed E-state index contributed by atoms with van der Waals surface area (Å²) in [4.78, 5) is 0. The molecule has 1 aromatic heterocycles. The number of hydrazine groups is 1. The van der Waals surface area contributed by atoms with E-state index in [0.29, 0.717) is 12.0 Å². The second kappa shape index (κ2) is 6.68. The molecule has 0 bridgehead atoms. The van der Waals surface area contributed by atoms with Crippen LogP contribution in [0.4, 0.5) is 4.39 Å². The Morgan fingerprint density at radius 1 is 1.43 bits per heavy atom. The summed E-state index contributed by atoms with van der Waals surface area (Å²) in [6.07, 6.45) is 1.50. The van der Waals surface area contributed by atoms with Crippen LogP contribution in [0.3, 0.4) is 0 Å². The van der Waals surface area contributed by atoms with Crippen molar-refractivity contribution in [1.29, 1.82) is 0 Å². The van der Waals surface area contributed by atoms with Gasteiger partial charge in [-0.25, -0.2) is 4.39 Å². The first-order chi connectivity index (χ1) is 9.93. The second-order valence-corrected chi connectivity index (χ2v) is 6.11. The van der Waals surface area contributed by atoms with Crippen molar-refractivity contribution >= 4 is 15.9 Å². The van der Waals surface area contributed by atoms with Gasteiger partial charge in [0.15, 0.2) is 0 Å². The molecule has 21 heavy (non-hydrogen) atoms. The summed E-state index contributed by atoms with van der Waals surface area (Å²) >= 11 is 3.37. The fourth-order valence-corrected chi connectivity index (χ4v) is 2.96. The highest BCUT2D eigenvalue weighted by Gasteiger charge is 2.17. The normalized spacial score (nSPS) is 12.7. The fourth-order valence-electron chi connectivity index (χ4n) is 2.58. The smallest absolute Gasteiger partial charge is 0.128 e. The quantitative estimate of drug-likeness (QED) is 0.640. The largest absolute Gasteiger partial charge is 0.272 e. The van der Waals surface area contributed by atoms with Crippen LogP contribution in [0.5, 0.6) is 0 Å². The molecule has 2 aromatic rings. The van der Waals surface area contributed by atoms with Crippen LogP contribution >= 0.6 is 15.9 Å². The van der Waals surface area contributed by atoms with E-state index in [1.165, 1.54) is 11.6 Å². The van der Waals surface area contributed by atoms with E-state index in [1.54, 1.807) is 12.1 Å². The zero-order valence-corrected chi connectivity index (χ0v) is 14.0. The third kappa shape index (κ3) is 3.51. The molecule has 0 saturated carbocycles. The third-order valence-corrected chi connectivity index (χ3v) is 4.37. The Kier molecular flexibility index (Phi) is 5.13. The van der Waals surface area contributed by atoms with Crippen molar-refractivity contribution in [2.75, 3.05) is 0 Å². The maximum Gasteiger partial charge on any atom is 0.128 e. The Labute approximate surface area is 132 Å². The molecule has 0 aliphatic rings. The molecule has 0 radical (unpaired) electrons. The number of halogens is 2. The van der Waals surface area contributed by atoms with E-state index in [0.717, 1.165) is 22.3 Å². The lowest BCUT2D eigenvalue weighted by Gasteiger charge is -2.17.